The van der Waals surface area contributed by atoms with Crippen LogP contribution in [0.4, 0.5) is 14.5 Å². The molecule has 28 heavy (non-hydrogen) atoms. The molecule has 2 aromatic rings. The Morgan fingerprint density at radius 3 is 2.50 bits per heavy atom. The summed E-state index contributed by atoms with van der Waals surface area (Å²) in [6.07, 6.45) is 2.92. The van der Waals surface area contributed by atoms with Crippen LogP contribution in [0.25, 0.3) is 0 Å². The SMILES string of the molecule is O=C1N(CC2CC2)c2ccc(Oc3cc(F)nc(F)c3)cc2C12OCCCO2. The molecule has 1 spiro atoms. The highest BCUT2D eigenvalue weighted by atomic mass is 19.1. The monoisotopic (exact) mass is 388 g/mol. The van der Waals surface area contributed by atoms with Gasteiger partial charge in [-0.15, -0.1) is 0 Å². The van der Waals surface area contributed by atoms with Crippen LogP contribution in [0.2, 0.25) is 0 Å². The lowest BCUT2D eigenvalue weighted by molar-refractivity contribution is -0.256. The van der Waals surface area contributed by atoms with E-state index in [4.69, 9.17) is 14.2 Å². The number of ether oxygens (including phenoxy) is 3. The van der Waals surface area contributed by atoms with Gasteiger partial charge in [-0.25, -0.2) is 0 Å². The van der Waals surface area contributed by atoms with E-state index in [1.165, 1.54) is 0 Å². The zero-order chi connectivity index (χ0) is 19.3. The van der Waals surface area contributed by atoms with Crippen molar-refractivity contribution >= 4 is 11.6 Å². The number of benzene rings is 1. The molecule has 2 aliphatic heterocycles. The van der Waals surface area contributed by atoms with Gasteiger partial charge in [0.2, 0.25) is 11.9 Å². The minimum absolute atomic E-state index is 0.0244. The van der Waals surface area contributed by atoms with Crippen LogP contribution in [0.5, 0.6) is 11.5 Å². The third-order valence-corrected chi connectivity index (χ3v) is 5.15. The smallest absolute Gasteiger partial charge is 0.292 e. The molecule has 0 unspecified atom stereocenters. The van der Waals surface area contributed by atoms with E-state index < -0.39 is 17.7 Å². The Balaban J connectivity index is 1.52. The first-order valence-corrected chi connectivity index (χ1v) is 9.30. The molecule has 146 valence electrons. The first-order valence-electron chi connectivity index (χ1n) is 9.30. The molecule has 1 saturated heterocycles. The molecule has 0 N–H and O–H groups in total. The van der Waals surface area contributed by atoms with Gasteiger partial charge in [0.1, 0.15) is 11.5 Å². The minimum Gasteiger partial charge on any atom is -0.457 e. The van der Waals surface area contributed by atoms with Crippen LogP contribution in [0, 0.1) is 17.8 Å². The topological polar surface area (TPSA) is 60.9 Å². The largest absolute Gasteiger partial charge is 0.457 e. The average molecular weight is 388 g/mol. The number of pyridine rings is 1. The van der Waals surface area contributed by atoms with Crippen LogP contribution in [-0.4, -0.2) is 30.6 Å². The number of fused-ring (bicyclic) bond motifs is 2. The predicted octanol–water partition coefficient (Wildman–Crippen LogP) is 3.50. The molecule has 8 heteroatoms. The number of nitrogens with zero attached hydrogens (tertiary/aromatic N) is 2. The Kier molecular flexibility index (Phi) is 4.06. The van der Waals surface area contributed by atoms with Crippen molar-refractivity contribution in [3.05, 3.63) is 47.8 Å². The third-order valence-electron chi connectivity index (χ3n) is 5.15. The van der Waals surface area contributed by atoms with Gasteiger partial charge in [0, 0.05) is 24.2 Å². The molecule has 3 heterocycles. The lowest BCUT2D eigenvalue weighted by Gasteiger charge is -2.32. The van der Waals surface area contributed by atoms with Crippen molar-refractivity contribution in [2.75, 3.05) is 24.7 Å². The number of hydrogen-bond donors (Lipinski definition) is 0. The van der Waals surface area contributed by atoms with Gasteiger partial charge in [0.15, 0.2) is 0 Å². The molecular weight excluding hydrogens is 370 g/mol. The van der Waals surface area contributed by atoms with Crippen molar-refractivity contribution in [2.45, 2.75) is 25.0 Å². The average Bonchev–Trinajstić information content (AvgIpc) is 3.46. The molecule has 0 radical (unpaired) electrons. The molecule has 0 atom stereocenters. The van der Waals surface area contributed by atoms with Crippen LogP contribution in [-0.2, 0) is 20.1 Å². The highest BCUT2D eigenvalue weighted by Crippen LogP contribution is 2.48. The highest BCUT2D eigenvalue weighted by molar-refractivity contribution is 6.06. The Morgan fingerprint density at radius 2 is 1.82 bits per heavy atom. The standard InChI is InChI=1S/C20H18F2N2O4/c21-17-9-14(10-18(22)23-17)28-13-4-5-16-15(8-13)20(26-6-1-7-27-20)19(25)24(16)11-12-2-3-12/h4-5,8-10,12H,1-3,6-7,11H2. The molecule has 1 aromatic heterocycles. The molecule has 3 aliphatic rings. The van der Waals surface area contributed by atoms with Crippen molar-refractivity contribution in [3.8, 4) is 11.5 Å². The minimum atomic E-state index is -1.48. The van der Waals surface area contributed by atoms with Gasteiger partial charge < -0.3 is 19.1 Å². The van der Waals surface area contributed by atoms with E-state index >= 15 is 0 Å². The quantitative estimate of drug-likeness (QED) is 0.751. The van der Waals surface area contributed by atoms with Crippen molar-refractivity contribution < 1.29 is 27.8 Å². The Hall–Kier alpha value is -2.58. The number of hydrogen-bond acceptors (Lipinski definition) is 5. The van der Waals surface area contributed by atoms with Crippen LogP contribution in [0.15, 0.2) is 30.3 Å². The molecule has 1 saturated carbocycles. The molecule has 6 nitrogen and oxygen atoms in total. The van der Waals surface area contributed by atoms with Gasteiger partial charge >= 0.3 is 0 Å². The number of anilines is 1. The van der Waals surface area contributed by atoms with E-state index in [1.807, 2.05) is 0 Å². The van der Waals surface area contributed by atoms with Crippen LogP contribution >= 0.6 is 0 Å². The second-order valence-corrected chi connectivity index (χ2v) is 7.26. The summed E-state index contributed by atoms with van der Waals surface area (Å²) in [7, 11) is 0. The normalized spacial score (nSPS) is 20.5. The van der Waals surface area contributed by atoms with Crippen molar-refractivity contribution in [1.29, 1.82) is 0 Å². The zero-order valence-electron chi connectivity index (χ0n) is 15.0. The van der Waals surface area contributed by atoms with Gasteiger partial charge in [0.25, 0.3) is 11.7 Å². The van der Waals surface area contributed by atoms with Gasteiger partial charge in [-0.05, 0) is 43.4 Å². The fourth-order valence-electron chi connectivity index (χ4n) is 3.67. The second kappa shape index (κ2) is 6.49. The molecular formula is C20H18F2N2O4. The maximum absolute atomic E-state index is 13.3. The number of carbonyl (C=O) groups excluding carboxylic acids is 1. The summed E-state index contributed by atoms with van der Waals surface area (Å²) in [5.74, 6) is -2.86. The Morgan fingerprint density at radius 1 is 1.11 bits per heavy atom. The summed E-state index contributed by atoms with van der Waals surface area (Å²) in [5.41, 5.74) is 1.28. The van der Waals surface area contributed by atoms with E-state index in [0.717, 1.165) is 30.7 Å². The number of carbonyl (C=O) groups is 1. The predicted molar refractivity (Wildman–Crippen MR) is 93.9 cm³/mol. The zero-order valence-corrected chi connectivity index (χ0v) is 15.0. The lowest BCUT2D eigenvalue weighted by atomic mass is 10.1. The second-order valence-electron chi connectivity index (χ2n) is 7.26. The number of rotatable bonds is 4. The van der Waals surface area contributed by atoms with E-state index in [0.29, 0.717) is 43.4 Å². The van der Waals surface area contributed by atoms with Gasteiger partial charge in [-0.2, -0.15) is 13.8 Å². The summed E-state index contributed by atoms with van der Waals surface area (Å²) < 4.78 is 44.0. The Bertz CT molecular complexity index is 922. The summed E-state index contributed by atoms with van der Waals surface area (Å²) in [4.78, 5) is 18.0. The molecule has 1 amide bonds. The van der Waals surface area contributed by atoms with Gasteiger partial charge in [0.05, 0.1) is 18.9 Å². The summed E-state index contributed by atoms with van der Waals surface area (Å²) >= 11 is 0. The molecule has 5 rings (SSSR count). The van der Waals surface area contributed by atoms with Crippen LogP contribution < -0.4 is 9.64 Å². The lowest BCUT2D eigenvalue weighted by Crippen LogP contribution is -2.47. The van der Waals surface area contributed by atoms with Gasteiger partial charge in [-0.3, -0.25) is 4.79 Å². The van der Waals surface area contributed by atoms with E-state index in [2.05, 4.69) is 4.98 Å². The first kappa shape index (κ1) is 17.5. The maximum atomic E-state index is 13.3. The molecule has 2 fully saturated rings. The number of halogens is 2. The van der Waals surface area contributed by atoms with Crippen LogP contribution in [0.3, 0.4) is 0 Å². The number of amides is 1. The number of aromatic nitrogens is 1. The maximum Gasteiger partial charge on any atom is 0.292 e. The fraction of sp³-hybridized carbons (Fsp3) is 0.400. The fourth-order valence-corrected chi connectivity index (χ4v) is 3.67. The van der Waals surface area contributed by atoms with Crippen LogP contribution in [0.1, 0.15) is 24.8 Å². The molecule has 1 aromatic carbocycles. The Labute approximate surface area is 160 Å². The van der Waals surface area contributed by atoms with E-state index in [1.54, 1.807) is 23.1 Å². The highest BCUT2D eigenvalue weighted by Gasteiger charge is 2.55. The van der Waals surface area contributed by atoms with Crippen molar-refractivity contribution in [1.82, 2.24) is 4.98 Å². The summed E-state index contributed by atoms with van der Waals surface area (Å²) in [5, 5.41) is 0. The summed E-state index contributed by atoms with van der Waals surface area (Å²) in [6, 6.07) is 7.04. The van der Waals surface area contributed by atoms with E-state index in [-0.39, 0.29) is 11.7 Å². The molecule has 0 bridgehead atoms. The third kappa shape index (κ3) is 2.93. The molecule has 1 aliphatic carbocycles. The first-order chi connectivity index (χ1) is 13.5. The summed E-state index contributed by atoms with van der Waals surface area (Å²) in [6.45, 7) is 1.45. The van der Waals surface area contributed by atoms with E-state index in [9.17, 15) is 13.6 Å². The van der Waals surface area contributed by atoms with Gasteiger partial charge in [-0.1, -0.05) is 0 Å². The van der Waals surface area contributed by atoms with Crippen molar-refractivity contribution in [3.63, 3.8) is 0 Å². The van der Waals surface area contributed by atoms with Crippen molar-refractivity contribution in [2.24, 2.45) is 5.92 Å².